The molecule has 5 nitrogen and oxygen atoms in total. The smallest absolute Gasteiger partial charge is 0.251 e. The first kappa shape index (κ1) is 13.9. The van der Waals surface area contributed by atoms with Gasteiger partial charge >= 0.3 is 0 Å². The van der Waals surface area contributed by atoms with Crippen LogP contribution in [0.2, 0.25) is 5.02 Å². The van der Waals surface area contributed by atoms with Gasteiger partial charge in [0.2, 0.25) is 5.91 Å². The van der Waals surface area contributed by atoms with Gasteiger partial charge in [0.25, 0.3) is 5.91 Å². The second-order valence-electron chi connectivity index (χ2n) is 4.76. The van der Waals surface area contributed by atoms with E-state index in [1.807, 2.05) is 6.07 Å². The lowest BCUT2D eigenvalue weighted by atomic mass is 10.2. The molecule has 1 N–H and O–H groups in total. The van der Waals surface area contributed by atoms with E-state index < -0.39 is 6.04 Å². The third kappa shape index (κ3) is 2.84. The number of amides is 2. The van der Waals surface area contributed by atoms with Crippen molar-refractivity contribution in [2.24, 2.45) is 0 Å². The van der Waals surface area contributed by atoms with Gasteiger partial charge < -0.3 is 4.42 Å². The fourth-order valence-electron chi connectivity index (χ4n) is 2.29. The van der Waals surface area contributed by atoms with Crippen LogP contribution in [0.3, 0.4) is 0 Å². The van der Waals surface area contributed by atoms with Crippen molar-refractivity contribution in [3.63, 3.8) is 0 Å². The molecule has 1 fully saturated rings. The Labute approximate surface area is 126 Å². The Hall–Kier alpha value is -2.11. The van der Waals surface area contributed by atoms with Crippen LogP contribution in [0.1, 0.15) is 12.2 Å². The Morgan fingerprint density at radius 1 is 1.24 bits per heavy atom. The van der Waals surface area contributed by atoms with E-state index in [1.54, 1.807) is 36.6 Å². The lowest BCUT2D eigenvalue weighted by Gasteiger charge is -2.15. The highest BCUT2D eigenvalue weighted by atomic mass is 35.5. The predicted molar refractivity (Wildman–Crippen MR) is 77.9 cm³/mol. The Morgan fingerprint density at radius 3 is 2.67 bits per heavy atom. The summed E-state index contributed by atoms with van der Waals surface area (Å²) in [6.07, 6.45) is 1.71. The molecule has 2 amide bonds. The number of nitrogens with zero attached hydrogens (tertiary/aromatic N) is 1. The highest BCUT2D eigenvalue weighted by molar-refractivity contribution is 6.30. The lowest BCUT2D eigenvalue weighted by molar-refractivity contribution is -0.121. The van der Waals surface area contributed by atoms with E-state index in [4.69, 9.17) is 16.0 Å². The summed E-state index contributed by atoms with van der Waals surface area (Å²) in [5.41, 5.74) is 0.539. The number of furan rings is 1. The van der Waals surface area contributed by atoms with Gasteiger partial charge in [0.05, 0.1) is 31.0 Å². The molecule has 0 bridgehead atoms. The van der Waals surface area contributed by atoms with Crippen molar-refractivity contribution < 1.29 is 14.0 Å². The topological polar surface area (TPSA) is 62.6 Å². The summed E-state index contributed by atoms with van der Waals surface area (Å²) in [4.78, 5) is 25.6. The van der Waals surface area contributed by atoms with Crippen LogP contribution in [0.4, 0.5) is 5.69 Å². The second-order valence-corrected chi connectivity index (χ2v) is 5.20. The van der Waals surface area contributed by atoms with Crippen LogP contribution in [0.5, 0.6) is 0 Å². The second kappa shape index (κ2) is 5.71. The first-order valence-corrected chi connectivity index (χ1v) is 6.91. The van der Waals surface area contributed by atoms with Crippen LogP contribution in [-0.2, 0) is 16.1 Å². The van der Waals surface area contributed by atoms with Crippen LogP contribution in [0, 0.1) is 0 Å². The summed E-state index contributed by atoms with van der Waals surface area (Å²) in [6, 6.07) is 9.68. The van der Waals surface area contributed by atoms with E-state index in [2.05, 4.69) is 5.32 Å². The van der Waals surface area contributed by atoms with Crippen molar-refractivity contribution in [3.05, 3.63) is 53.4 Å². The van der Waals surface area contributed by atoms with Crippen LogP contribution >= 0.6 is 11.6 Å². The quantitative estimate of drug-likeness (QED) is 0.881. The van der Waals surface area contributed by atoms with Gasteiger partial charge in [-0.3, -0.25) is 14.9 Å². The van der Waals surface area contributed by atoms with Gasteiger partial charge in [-0.1, -0.05) is 11.6 Å². The van der Waals surface area contributed by atoms with Crippen molar-refractivity contribution in [2.75, 3.05) is 4.90 Å². The molecule has 0 unspecified atom stereocenters. The fraction of sp³-hybridized carbons (Fsp3) is 0.200. The summed E-state index contributed by atoms with van der Waals surface area (Å²) < 4.78 is 5.19. The Morgan fingerprint density at radius 2 is 2.00 bits per heavy atom. The standard InChI is InChI=1S/C15H13ClN2O3/c16-10-3-5-11(6-4-10)18-14(19)8-13(15(18)20)17-9-12-2-1-7-21-12/h1-7,13,17H,8-9H2/t13-/m1/s1. The van der Waals surface area contributed by atoms with Crippen LogP contribution in [0.25, 0.3) is 0 Å². The molecular weight excluding hydrogens is 292 g/mol. The maximum absolute atomic E-state index is 12.3. The number of rotatable bonds is 4. The number of nitrogens with one attached hydrogen (secondary N) is 1. The molecule has 1 aliphatic heterocycles. The van der Waals surface area contributed by atoms with Gasteiger partial charge in [0.1, 0.15) is 5.76 Å². The summed E-state index contributed by atoms with van der Waals surface area (Å²) in [5.74, 6) is 0.244. The molecule has 6 heteroatoms. The molecular formula is C15H13ClN2O3. The van der Waals surface area contributed by atoms with Crippen molar-refractivity contribution in [2.45, 2.75) is 19.0 Å². The number of hydrogen-bond acceptors (Lipinski definition) is 4. The molecule has 1 aromatic heterocycles. The average Bonchev–Trinajstić information content (AvgIpc) is 3.07. The lowest BCUT2D eigenvalue weighted by Crippen LogP contribution is -2.38. The number of carbonyl (C=O) groups is 2. The molecule has 0 saturated carbocycles. The van der Waals surface area contributed by atoms with Gasteiger partial charge in [-0.05, 0) is 36.4 Å². The van der Waals surface area contributed by atoms with Crippen molar-refractivity contribution >= 4 is 29.1 Å². The zero-order valence-corrected chi connectivity index (χ0v) is 11.8. The summed E-state index contributed by atoms with van der Waals surface area (Å²) >= 11 is 5.82. The molecule has 3 rings (SSSR count). The first-order chi connectivity index (χ1) is 10.1. The number of anilines is 1. The van der Waals surface area contributed by atoms with Crippen molar-refractivity contribution in [1.29, 1.82) is 0 Å². The molecule has 1 atom stereocenters. The van der Waals surface area contributed by atoms with Crippen molar-refractivity contribution in [1.82, 2.24) is 5.32 Å². The fourth-order valence-corrected chi connectivity index (χ4v) is 2.42. The highest BCUT2D eigenvalue weighted by Gasteiger charge is 2.39. The molecule has 2 heterocycles. The summed E-state index contributed by atoms with van der Waals surface area (Å²) in [7, 11) is 0. The van der Waals surface area contributed by atoms with E-state index >= 15 is 0 Å². The Balaban J connectivity index is 1.71. The molecule has 108 valence electrons. The summed E-state index contributed by atoms with van der Waals surface area (Å²) in [5, 5.41) is 3.60. The molecule has 1 aromatic carbocycles. The third-order valence-electron chi connectivity index (χ3n) is 3.33. The van der Waals surface area contributed by atoms with E-state index in [0.29, 0.717) is 17.3 Å². The highest BCUT2D eigenvalue weighted by Crippen LogP contribution is 2.24. The third-order valence-corrected chi connectivity index (χ3v) is 3.59. The van der Waals surface area contributed by atoms with Crippen LogP contribution in [0.15, 0.2) is 47.1 Å². The zero-order chi connectivity index (χ0) is 14.8. The number of benzene rings is 1. The van der Waals surface area contributed by atoms with E-state index in [9.17, 15) is 9.59 Å². The van der Waals surface area contributed by atoms with E-state index in [0.717, 1.165) is 5.76 Å². The molecule has 21 heavy (non-hydrogen) atoms. The van der Waals surface area contributed by atoms with E-state index in [-0.39, 0.29) is 18.2 Å². The average molecular weight is 305 g/mol. The number of halogens is 1. The zero-order valence-electron chi connectivity index (χ0n) is 11.1. The van der Waals surface area contributed by atoms with Gasteiger partial charge in [-0.2, -0.15) is 0 Å². The normalized spacial score (nSPS) is 18.5. The SMILES string of the molecule is O=C1C[C@@H](NCc2ccco2)C(=O)N1c1ccc(Cl)cc1. The van der Waals surface area contributed by atoms with Crippen molar-refractivity contribution in [3.8, 4) is 0 Å². The van der Waals surface area contributed by atoms with Gasteiger partial charge in [-0.15, -0.1) is 0 Å². The van der Waals surface area contributed by atoms with Crippen LogP contribution < -0.4 is 10.2 Å². The number of hydrogen-bond donors (Lipinski definition) is 1. The van der Waals surface area contributed by atoms with Gasteiger partial charge in [0.15, 0.2) is 0 Å². The van der Waals surface area contributed by atoms with Gasteiger partial charge in [0, 0.05) is 5.02 Å². The summed E-state index contributed by atoms with van der Waals surface area (Å²) in [6.45, 7) is 0.408. The molecule has 0 spiro atoms. The molecule has 0 radical (unpaired) electrons. The van der Waals surface area contributed by atoms with Crippen LogP contribution in [-0.4, -0.2) is 17.9 Å². The number of carbonyl (C=O) groups excluding carboxylic acids is 2. The maximum Gasteiger partial charge on any atom is 0.251 e. The minimum absolute atomic E-state index is 0.141. The van der Waals surface area contributed by atoms with Gasteiger partial charge in [-0.25, -0.2) is 4.90 Å². The Bertz CT molecular complexity index is 652. The monoisotopic (exact) mass is 304 g/mol. The first-order valence-electron chi connectivity index (χ1n) is 6.53. The molecule has 1 saturated heterocycles. The molecule has 1 aliphatic rings. The molecule has 0 aliphatic carbocycles. The molecule has 2 aromatic rings. The minimum atomic E-state index is -0.529. The maximum atomic E-state index is 12.3. The minimum Gasteiger partial charge on any atom is -0.468 e. The largest absolute Gasteiger partial charge is 0.468 e. The number of imide groups is 1. The van der Waals surface area contributed by atoms with E-state index in [1.165, 1.54) is 4.90 Å². The predicted octanol–water partition coefficient (Wildman–Crippen LogP) is 2.35. The Kier molecular flexibility index (Phi) is 3.77.